The number of carboxylic acids is 1. The summed E-state index contributed by atoms with van der Waals surface area (Å²) in [5.41, 5.74) is 0. The van der Waals surface area contributed by atoms with Gasteiger partial charge in [-0.15, -0.1) is 0 Å². The molecule has 1 atom stereocenters. The Kier molecular flexibility index (Phi) is 23.4. The fourth-order valence-electron chi connectivity index (χ4n) is 4.02. The van der Waals surface area contributed by atoms with Crippen LogP contribution in [0.1, 0.15) is 142 Å². The van der Waals surface area contributed by atoms with Crippen molar-refractivity contribution < 1.29 is 9.90 Å². The van der Waals surface area contributed by atoms with Crippen molar-refractivity contribution >= 4 is 5.97 Å². The van der Waals surface area contributed by atoms with Crippen LogP contribution in [0.4, 0.5) is 0 Å². The number of hydrogen-bond acceptors (Lipinski definition) is 1. The molecule has 2 nitrogen and oxygen atoms in total. The van der Waals surface area contributed by atoms with Crippen LogP contribution < -0.4 is 0 Å². The summed E-state index contributed by atoms with van der Waals surface area (Å²) in [6.45, 7) is 4.15. The van der Waals surface area contributed by atoms with Gasteiger partial charge in [0.2, 0.25) is 0 Å². The molecule has 0 aliphatic carbocycles. The van der Waals surface area contributed by atoms with Crippen LogP contribution in [0, 0.1) is 5.92 Å². The third kappa shape index (κ3) is 21.7. The van der Waals surface area contributed by atoms with E-state index in [0.717, 1.165) is 25.7 Å². The highest BCUT2D eigenvalue weighted by Gasteiger charge is 2.13. The minimum absolute atomic E-state index is 0.120. The number of aliphatic carboxylic acids is 1. The van der Waals surface area contributed by atoms with Crippen LogP contribution in [0.25, 0.3) is 0 Å². The van der Waals surface area contributed by atoms with Crippen LogP contribution >= 0.6 is 0 Å². The van der Waals surface area contributed by atoms with Gasteiger partial charge in [0.15, 0.2) is 0 Å². The lowest BCUT2D eigenvalue weighted by Gasteiger charge is -2.08. The topological polar surface area (TPSA) is 37.3 Å². The average Bonchev–Trinajstić information content (AvgIpc) is 2.74. The van der Waals surface area contributed by atoms with Gasteiger partial charge in [-0.2, -0.15) is 0 Å². The van der Waals surface area contributed by atoms with Gasteiger partial charge in [0.25, 0.3) is 0 Å². The Morgan fingerprint density at radius 2 is 1.03 bits per heavy atom. The molecule has 0 aliphatic rings. The van der Waals surface area contributed by atoms with Gasteiger partial charge in [-0.25, -0.2) is 0 Å². The molecule has 0 rings (SSSR count). The normalized spacial score (nSPS) is 12.9. The molecule has 1 N–H and O–H groups in total. The summed E-state index contributed by atoms with van der Waals surface area (Å²) in [7, 11) is 0. The standard InChI is InChI=1S/C28H52O2/c1-3-5-6-7-8-9-10-11-12-13-14-15-16-17-18-19-20-21-22-23-24-25-26-27(4-2)28(29)30/h5-8,27H,3-4,9-26H2,1-2H3,(H,29,30). The summed E-state index contributed by atoms with van der Waals surface area (Å²) in [4.78, 5) is 11.0. The highest BCUT2D eigenvalue weighted by Crippen LogP contribution is 2.17. The predicted octanol–water partition coefficient (Wildman–Crippen LogP) is 9.64. The molecular formula is C28H52O2. The molecule has 0 saturated carbocycles. The van der Waals surface area contributed by atoms with Crippen molar-refractivity contribution in [1.82, 2.24) is 0 Å². The molecule has 2 heteroatoms. The number of allylic oxidation sites excluding steroid dienone is 4. The Balaban J connectivity index is 3.15. The minimum atomic E-state index is -0.614. The smallest absolute Gasteiger partial charge is 0.306 e. The highest BCUT2D eigenvalue weighted by molar-refractivity contribution is 5.69. The van der Waals surface area contributed by atoms with Crippen molar-refractivity contribution in [2.24, 2.45) is 5.92 Å². The van der Waals surface area contributed by atoms with Crippen molar-refractivity contribution in [2.45, 2.75) is 142 Å². The molecule has 0 aromatic heterocycles. The van der Waals surface area contributed by atoms with Crippen LogP contribution in [-0.2, 0) is 4.79 Å². The van der Waals surface area contributed by atoms with Gasteiger partial charge in [-0.3, -0.25) is 4.79 Å². The van der Waals surface area contributed by atoms with E-state index in [1.54, 1.807) is 0 Å². The minimum Gasteiger partial charge on any atom is -0.481 e. The number of rotatable bonds is 23. The SMILES string of the molecule is CCC=CC=CCCCCCCCCCCCCCCCCCCC(CC)C(=O)O. The first-order chi connectivity index (χ1) is 14.7. The molecule has 30 heavy (non-hydrogen) atoms. The first-order valence-corrected chi connectivity index (χ1v) is 13.3. The maximum absolute atomic E-state index is 11.0. The Morgan fingerprint density at radius 1 is 0.633 bits per heavy atom. The lowest BCUT2D eigenvalue weighted by Crippen LogP contribution is -2.12. The lowest BCUT2D eigenvalue weighted by molar-refractivity contribution is -0.142. The van der Waals surface area contributed by atoms with Gasteiger partial charge in [-0.05, 0) is 32.1 Å². The second kappa shape index (κ2) is 24.2. The molecule has 0 heterocycles. The van der Waals surface area contributed by atoms with Gasteiger partial charge >= 0.3 is 5.97 Å². The summed E-state index contributed by atoms with van der Waals surface area (Å²) in [5, 5.41) is 9.04. The first kappa shape index (κ1) is 28.9. The van der Waals surface area contributed by atoms with Crippen molar-refractivity contribution in [3.05, 3.63) is 24.3 Å². The lowest BCUT2D eigenvalue weighted by atomic mass is 9.98. The monoisotopic (exact) mass is 420 g/mol. The van der Waals surface area contributed by atoms with Crippen molar-refractivity contribution in [3.63, 3.8) is 0 Å². The van der Waals surface area contributed by atoms with E-state index in [-0.39, 0.29) is 5.92 Å². The molecule has 0 aromatic rings. The average molecular weight is 421 g/mol. The second-order valence-electron chi connectivity index (χ2n) is 8.94. The van der Waals surface area contributed by atoms with E-state index in [9.17, 15) is 4.79 Å². The summed E-state index contributed by atoms with van der Waals surface area (Å²) in [5.74, 6) is -0.734. The molecule has 0 aliphatic heterocycles. The largest absolute Gasteiger partial charge is 0.481 e. The van der Waals surface area contributed by atoms with E-state index in [1.807, 2.05) is 6.92 Å². The zero-order valence-corrected chi connectivity index (χ0v) is 20.4. The fraction of sp³-hybridized carbons (Fsp3) is 0.821. The van der Waals surface area contributed by atoms with E-state index >= 15 is 0 Å². The van der Waals surface area contributed by atoms with E-state index in [1.165, 1.54) is 103 Å². The Hall–Kier alpha value is -1.05. The Bertz CT molecular complexity index is 411. The Labute approximate surface area is 188 Å². The Morgan fingerprint density at radius 3 is 1.43 bits per heavy atom. The molecule has 1 unspecified atom stereocenters. The first-order valence-electron chi connectivity index (χ1n) is 13.3. The molecule has 176 valence electrons. The van der Waals surface area contributed by atoms with E-state index < -0.39 is 5.97 Å². The van der Waals surface area contributed by atoms with Gasteiger partial charge in [0.1, 0.15) is 0 Å². The highest BCUT2D eigenvalue weighted by atomic mass is 16.4. The molecule has 0 bridgehead atoms. The van der Waals surface area contributed by atoms with E-state index in [2.05, 4.69) is 31.2 Å². The zero-order valence-electron chi connectivity index (χ0n) is 20.4. The van der Waals surface area contributed by atoms with Crippen LogP contribution in [0.3, 0.4) is 0 Å². The molecule has 0 radical (unpaired) electrons. The fourth-order valence-corrected chi connectivity index (χ4v) is 4.02. The number of carboxylic acid groups (broad SMARTS) is 1. The van der Waals surface area contributed by atoms with Crippen LogP contribution in [-0.4, -0.2) is 11.1 Å². The van der Waals surface area contributed by atoms with Gasteiger partial charge in [0, 0.05) is 0 Å². The maximum Gasteiger partial charge on any atom is 0.306 e. The van der Waals surface area contributed by atoms with Crippen LogP contribution in [0.2, 0.25) is 0 Å². The van der Waals surface area contributed by atoms with Gasteiger partial charge in [-0.1, -0.05) is 134 Å². The predicted molar refractivity (Wildman–Crippen MR) is 133 cm³/mol. The zero-order chi connectivity index (χ0) is 22.1. The molecule has 0 saturated heterocycles. The van der Waals surface area contributed by atoms with Crippen LogP contribution in [0.15, 0.2) is 24.3 Å². The third-order valence-corrected chi connectivity index (χ3v) is 6.13. The molecule has 0 spiro atoms. The second-order valence-corrected chi connectivity index (χ2v) is 8.94. The summed E-state index contributed by atoms with van der Waals surface area (Å²) in [6, 6.07) is 0. The van der Waals surface area contributed by atoms with Crippen molar-refractivity contribution in [1.29, 1.82) is 0 Å². The van der Waals surface area contributed by atoms with Crippen LogP contribution in [0.5, 0.6) is 0 Å². The maximum atomic E-state index is 11.0. The summed E-state index contributed by atoms with van der Waals surface area (Å²) >= 11 is 0. The van der Waals surface area contributed by atoms with E-state index in [0.29, 0.717) is 0 Å². The van der Waals surface area contributed by atoms with Gasteiger partial charge in [0.05, 0.1) is 5.92 Å². The third-order valence-electron chi connectivity index (χ3n) is 6.13. The molecular weight excluding hydrogens is 368 g/mol. The molecule has 0 amide bonds. The van der Waals surface area contributed by atoms with Crippen molar-refractivity contribution in [2.75, 3.05) is 0 Å². The summed E-state index contributed by atoms with van der Waals surface area (Å²) in [6.07, 6.45) is 34.6. The quantitative estimate of drug-likeness (QED) is 0.132. The molecule has 0 fully saturated rings. The number of hydrogen-bond donors (Lipinski definition) is 1. The van der Waals surface area contributed by atoms with E-state index in [4.69, 9.17) is 5.11 Å². The van der Waals surface area contributed by atoms with Gasteiger partial charge < -0.3 is 5.11 Å². The van der Waals surface area contributed by atoms with Crippen molar-refractivity contribution in [3.8, 4) is 0 Å². The number of carbonyl (C=O) groups is 1. The number of unbranched alkanes of at least 4 members (excludes halogenated alkanes) is 16. The summed E-state index contributed by atoms with van der Waals surface area (Å²) < 4.78 is 0. The molecule has 0 aromatic carbocycles.